The van der Waals surface area contributed by atoms with Crippen LogP contribution in [0, 0.1) is 11.3 Å². The normalized spacial score (nSPS) is 14.2. The van der Waals surface area contributed by atoms with Gasteiger partial charge in [-0.1, -0.05) is 41.4 Å². The Morgan fingerprint density at radius 2 is 1.84 bits per heavy atom. The highest BCUT2D eigenvalue weighted by atomic mass is 35.5. The van der Waals surface area contributed by atoms with Gasteiger partial charge in [0.25, 0.3) is 0 Å². The lowest BCUT2D eigenvalue weighted by Gasteiger charge is -2.32. The molecule has 0 N–H and O–H groups in total. The molecule has 0 aromatic heterocycles. The van der Waals surface area contributed by atoms with Gasteiger partial charge in [0.15, 0.2) is 0 Å². The first-order valence-electron chi connectivity index (χ1n) is 9.85. The average molecular weight is 493 g/mol. The number of carbonyl (C=O) groups excluding carboxylic acids is 1. The number of halogens is 2. The van der Waals surface area contributed by atoms with E-state index in [-0.39, 0.29) is 34.1 Å². The van der Waals surface area contributed by atoms with E-state index >= 15 is 0 Å². The smallest absolute Gasteiger partial charge is 0.320 e. The quantitative estimate of drug-likeness (QED) is 0.557. The van der Waals surface area contributed by atoms with Crippen molar-refractivity contribution < 1.29 is 13.2 Å². The number of amides is 2. The highest BCUT2D eigenvalue weighted by Crippen LogP contribution is 2.30. The summed E-state index contributed by atoms with van der Waals surface area (Å²) in [4.78, 5) is 15.9. The fourth-order valence-corrected chi connectivity index (χ4v) is 5.11. The Kier molecular flexibility index (Phi) is 7.80. The largest absolute Gasteiger partial charge is 0.324 e. The highest BCUT2D eigenvalue weighted by Gasteiger charge is 2.27. The van der Waals surface area contributed by atoms with Crippen molar-refractivity contribution in [3.63, 3.8) is 0 Å². The second-order valence-electron chi connectivity index (χ2n) is 7.24. The average Bonchev–Trinajstić information content (AvgIpc) is 2.79. The maximum Gasteiger partial charge on any atom is 0.324 e. The summed E-state index contributed by atoms with van der Waals surface area (Å²) >= 11 is 12.0. The zero-order valence-electron chi connectivity index (χ0n) is 17.4. The molecule has 0 unspecified atom stereocenters. The highest BCUT2D eigenvalue weighted by molar-refractivity contribution is 7.89. The van der Waals surface area contributed by atoms with Crippen molar-refractivity contribution >= 4 is 39.3 Å². The molecule has 0 spiro atoms. The van der Waals surface area contributed by atoms with Gasteiger partial charge < -0.3 is 4.90 Å². The Bertz CT molecular complexity index is 1160. The van der Waals surface area contributed by atoms with Crippen LogP contribution in [0.2, 0.25) is 10.0 Å². The molecule has 1 aliphatic rings. The van der Waals surface area contributed by atoms with Gasteiger partial charge in [-0.05, 0) is 42.3 Å². The first kappa shape index (κ1) is 24.1. The third-order valence-corrected chi connectivity index (χ3v) is 7.97. The molecule has 2 amide bonds. The maximum absolute atomic E-state index is 12.9. The Morgan fingerprint density at radius 1 is 1.12 bits per heavy atom. The maximum atomic E-state index is 12.9. The Hall–Kier alpha value is -2.57. The van der Waals surface area contributed by atoms with Crippen molar-refractivity contribution in [3.8, 4) is 6.07 Å². The van der Waals surface area contributed by atoms with Crippen molar-refractivity contribution in [1.82, 2.24) is 14.1 Å². The minimum absolute atomic E-state index is 0.0241. The summed E-state index contributed by atoms with van der Waals surface area (Å²) in [6.45, 7) is 1.27. The molecular weight excluding hydrogens is 471 g/mol. The van der Waals surface area contributed by atoms with Gasteiger partial charge in [0, 0.05) is 39.4 Å². The van der Waals surface area contributed by atoms with E-state index in [2.05, 4.69) is 6.07 Å². The molecule has 3 rings (SSSR count). The van der Waals surface area contributed by atoms with Crippen LogP contribution in [0.15, 0.2) is 59.6 Å². The second-order valence-corrected chi connectivity index (χ2v) is 10.0. The monoisotopic (exact) mass is 492 g/mol. The zero-order chi connectivity index (χ0) is 23.3. The van der Waals surface area contributed by atoms with E-state index in [1.165, 1.54) is 30.1 Å². The number of hydrogen-bond acceptors (Lipinski definition) is 4. The summed E-state index contributed by atoms with van der Waals surface area (Å²) in [5.41, 5.74) is 1.62. The van der Waals surface area contributed by atoms with Crippen LogP contribution in [0.5, 0.6) is 0 Å². The van der Waals surface area contributed by atoms with Crippen LogP contribution < -0.4 is 0 Å². The van der Waals surface area contributed by atoms with Crippen molar-refractivity contribution in [2.75, 3.05) is 33.2 Å². The van der Waals surface area contributed by atoms with Crippen molar-refractivity contribution in [2.24, 2.45) is 0 Å². The van der Waals surface area contributed by atoms with Gasteiger partial charge in [-0.2, -0.15) is 9.57 Å². The lowest BCUT2D eigenvalue weighted by atomic mass is 10.1. The SMILES string of the molecule is CN(CCN1C=CCN(CCc2ccc(C#N)cc2)C1=O)S(=O)(=O)c1cccc(Cl)c1Cl. The van der Waals surface area contributed by atoms with Crippen molar-refractivity contribution in [2.45, 2.75) is 11.3 Å². The molecule has 0 atom stereocenters. The third-order valence-electron chi connectivity index (χ3n) is 5.14. The summed E-state index contributed by atoms with van der Waals surface area (Å²) in [5.74, 6) is 0. The zero-order valence-corrected chi connectivity index (χ0v) is 19.7. The van der Waals surface area contributed by atoms with Crippen LogP contribution in [0.1, 0.15) is 11.1 Å². The number of rotatable bonds is 8. The van der Waals surface area contributed by atoms with Gasteiger partial charge in [-0.25, -0.2) is 13.2 Å². The van der Waals surface area contributed by atoms with Crippen LogP contribution in [0.4, 0.5) is 4.79 Å². The molecular formula is C22H22Cl2N4O3S. The Morgan fingerprint density at radius 3 is 2.53 bits per heavy atom. The molecule has 0 bridgehead atoms. The van der Waals surface area contributed by atoms with Crippen LogP contribution in [-0.2, 0) is 16.4 Å². The molecule has 1 heterocycles. The van der Waals surface area contributed by atoms with E-state index in [0.717, 1.165) is 9.87 Å². The van der Waals surface area contributed by atoms with E-state index < -0.39 is 10.0 Å². The summed E-state index contributed by atoms with van der Waals surface area (Å²) in [6.07, 6.45) is 4.19. The van der Waals surface area contributed by atoms with Crippen LogP contribution in [0.3, 0.4) is 0 Å². The fourth-order valence-electron chi connectivity index (χ4n) is 3.21. The number of likely N-dealkylation sites (N-methyl/N-ethyl adjacent to an activating group) is 1. The number of nitriles is 1. The molecule has 0 aliphatic carbocycles. The van der Waals surface area contributed by atoms with Gasteiger partial charge in [0.1, 0.15) is 4.90 Å². The van der Waals surface area contributed by atoms with E-state index in [0.29, 0.717) is 25.1 Å². The Balaban J connectivity index is 1.59. The standard InChI is InChI=1S/C22H22Cl2N4O3S/c1-26(32(30,31)20-5-2-4-19(23)21(20)24)14-15-28-12-3-11-27(22(28)29)13-10-17-6-8-18(16-25)9-7-17/h2-9,12H,10-11,13-15H2,1H3. The van der Waals surface area contributed by atoms with Gasteiger partial charge >= 0.3 is 6.03 Å². The summed E-state index contributed by atoms with van der Waals surface area (Å²) in [6, 6.07) is 13.6. The molecule has 2 aromatic carbocycles. The number of benzene rings is 2. The minimum Gasteiger partial charge on any atom is -0.320 e. The van der Waals surface area contributed by atoms with E-state index in [9.17, 15) is 13.2 Å². The third kappa shape index (κ3) is 5.43. The topological polar surface area (TPSA) is 84.7 Å². The molecule has 168 valence electrons. The molecule has 32 heavy (non-hydrogen) atoms. The van der Waals surface area contributed by atoms with Gasteiger partial charge in [0.05, 0.1) is 21.7 Å². The molecule has 0 saturated carbocycles. The molecule has 0 fully saturated rings. The second kappa shape index (κ2) is 10.4. The number of sulfonamides is 1. The van der Waals surface area contributed by atoms with Crippen molar-refractivity contribution in [3.05, 3.63) is 75.9 Å². The van der Waals surface area contributed by atoms with Crippen LogP contribution >= 0.6 is 23.2 Å². The summed E-state index contributed by atoms with van der Waals surface area (Å²) in [5, 5.41) is 9.02. The summed E-state index contributed by atoms with van der Waals surface area (Å²) < 4.78 is 26.9. The minimum atomic E-state index is -3.86. The predicted molar refractivity (Wildman–Crippen MR) is 124 cm³/mol. The molecule has 7 nitrogen and oxygen atoms in total. The molecule has 2 aromatic rings. The van der Waals surface area contributed by atoms with Gasteiger partial charge in [0.2, 0.25) is 10.0 Å². The number of urea groups is 1. The lowest BCUT2D eigenvalue weighted by molar-refractivity contribution is 0.167. The molecule has 1 aliphatic heterocycles. The van der Waals surface area contributed by atoms with Gasteiger partial charge in [-0.3, -0.25) is 4.90 Å². The molecule has 0 radical (unpaired) electrons. The van der Waals surface area contributed by atoms with E-state index in [1.807, 2.05) is 18.2 Å². The van der Waals surface area contributed by atoms with Crippen LogP contribution in [0.25, 0.3) is 0 Å². The van der Waals surface area contributed by atoms with Gasteiger partial charge in [-0.15, -0.1) is 0 Å². The molecule has 10 heteroatoms. The number of carbonyl (C=O) groups is 1. The fraction of sp³-hybridized carbons (Fsp3) is 0.273. The first-order valence-corrected chi connectivity index (χ1v) is 12.0. The number of hydrogen-bond donors (Lipinski definition) is 0. The lowest BCUT2D eigenvalue weighted by Crippen LogP contribution is -2.47. The van der Waals surface area contributed by atoms with E-state index in [1.54, 1.807) is 23.2 Å². The predicted octanol–water partition coefficient (Wildman–Crippen LogP) is 3.98. The summed E-state index contributed by atoms with van der Waals surface area (Å²) in [7, 11) is -2.42. The first-order chi connectivity index (χ1) is 15.2. The van der Waals surface area contributed by atoms with Crippen LogP contribution in [-0.4, -0.2) is 61.8 Å². The number of nitrogens with zero attached hydrogens (tertiary/aromatic N) is 4. The van der Waals surface area contributed by atoms with E-state index in [4.69, 9.17) is 28.5 Å². The van der Waals surface area contributed by atoms with Crippen molar-refractivity contribution in [1.29, 1.82) is 5.26 Å². The Labute approximate surface area is 198 Å². The molecule has 0 saturated heterocycles.